The summed E-state index contributed by atoms with van der Waals surface area (Å²) in [4.78, 5) is 0. The minimum atomic E-state index is -0.190. The zero-order valence-electron chi connectivity index (χ0n) is 5.18. The van der Waals surface area contributed by atoms with Crippen molar-refractivity contribution in [2.75, 3.05) is 26.2 Å². The van der Waals surface area contributed by atoms with E-state index >= 15 is 0 Å². The number of hydrogen-bond donors (Lipinski definition) is 2. The molecule has 0 aliphatic carbocycles. The smallest absolute Gasteiger partial charge is 0.0799 e. The molecule has 3 nitrogen and oxygen atoms in total. The van der Waals surface area contributed by atoms with E-state index in [0.717, 1.165) is 26.2 Å². The summed E-state index contributed by atoms with van der Waals surface area (Å²) < 4.78 is 2.10. The van der Waals surface area contributed by atoms with E-state index in [4.69, 9.17) is 5.11 Å². The number of β-amino-alcohol motifs (C(OH)–C–C–N with tert-alkyl or cyclic N) is 1. The van der Waals surface area contributed by atoms with Gasteiger partial charge in [-0.1, -0.05) is 0 Å². The Hall–Kier alpha value is 0.610. The molecule has 9 heavy (non-hydrogen) atoms. The Labute approximate surface area is 68.9 Å². The van der Waals surface area contributed by atoms with Crippen molar-refractivity contribution in [3.05, 3.63) is 0 Å². The molecule has 1 aliphatic rings. The number of hydrogen-bond acceptors (Lipinski definition) is 3. The fourth-order valence-electron chi connectivity index (χ4n) is 0.854. The van der Waals surface area contributed by atoms with Crippen LogP contribution in [0.4, 0.5) is 0 Å². The number of nitrogens with one attached hydrogen (secondary N) is 1. The Morgan fingerprint density at radius 3 is 3.22 bits per heavy atom. The second-order valence-electron chi connectivity index (χ2n) is 2.23. The van der Waals surface area contributed by atoms with Crippen molar-refractivity contribution in [2.24, 2.45) is 0 Å². The Morgan fingerprint density at radius 1 is 1.67 bits per heavy atom. The van der Waals surface area contributed by atoms with Crippen molar-refractivity contribution >= 4 is 22.9 Å². The molecule has 0 radical (unpaired) electrons. The first-order valence-electron chi connectivity index (χ1n) is 3.08. The van der Waals surface area contributed by atoms with Gasteiger partial charge in [-0.25, -0.2) is 3.11 Å². The van der Waals surface area contributed by atoms with Gasteiger partial charge in [0.1, 0.15) is 0 Å². The van der Waals surface area contributed by atoms with Crippen LogP contribution in [0, 0.1) is 0 Å². The third-order valence-electron chi connectivity index (χ3n) is 1.32. The van der Waals surface area contributed by atoms with E-state index in [1.54, 1.807) is 0 Å². The second-order valence-corrected chi connectivity index (χ2v) is 3.59. The molecular formula is C5H11IN2O. The summed E-state index contributed by atoms with van der Waals surface area (Å²) in [5.74, 6) is 0. The minimum absolute atomic E-state index is 0.190. The monoisotopic (exact) mass is 242 g/mol. The zero-order chi connectivity index (χ0) is 6.69. The zero-order valence-corrected chi connectivity index (χ0v) is 7.34. The highest BCUT2D eigenvalue weighted by Crippen LogP contribution is 2.01. The maximum atomic E-state index is 9.15. The van der Waals surface area contributed by atoms with Crippen molar-refractivity contribution in [1.29, 1.82) is 0 Å². The van der Waals surface area contributed by atoms with Crippen LogP contribution in [0.15, 0.2) is 0 Å². The SMILES string of the molecule is OC1CNCCN(I)C1. The first-order chi connectivity index (χ1) is 4.29. The van der Waals surface area contributed by atoms with Gasteiger partial charge in [0.15, 0.2) is 0 Å². The minimum Gasteiger partial charge on any atom is -0.390 e. The quantitative estimate of drug-likeness (QED) is 0.448. The van der Waals surface area contributed by atoms with Gasteiger partial charge in [0.05, 0.1) is 6.10 Å². The highest BCUT2D eigenvalue weighted by molar-refractivity contribution is 14.1. The lowest BCUT2D eigenvalue weighted by atomic mass is 10.4. The second kappa shape index (κ2) is 3.70. The molecule has 0 aromatic rings. The molecule has 0 aromatic heterocycles. The van der Waals surface area contributed by atoms with Crippen LogP contribution in [0.25, 0.3) is 0 Å². The van der Waals surface area contributed by atoms with Crippen molar-refractivity contribution in [3.63, 3.8) is 0 Å². The molecule has 0 amide bonds. The van der Waals surface area contributed by atoms with Crippen molar-refractivity contribution in [1.82, 2.24) is 8.43 Å². The standard InChI is InChI=1S/C5H11IN2O/c6-8-2-1-7-3-5(9)4-8/h5,7,9H,1-4H2. The summed E-state index contributed by atoms with van der Waals surface area (Å²) in [6, 6.07) is 0. The van der Waals surface area contributed by atoms with Crippen LogP contribution in [0.1, 0.15) is 0 Å². The summed E-state index contributed by atoms with van der Waals surface area (Å²) >= 11 is 2.23. The number of aliphatic hydroxyl groups is 1. The molecule has 1 saturated heterocycles. The molecule has 1 fully saturated rings. The van der Waals surface area contributed by atoms with E-state index < -0.39 is 0 Å². The molecule has 1 unspecified atom stereocenters. The van der Waals surface area contributed by atoms with E-state index in [1.807, 2.05) is 0 Å². The maximum absolute atomic E-state index is 9.15. The predicted molar refractivity (Wildman–Crippen MR) is 44.5 cm³/mol. The lowest BCUT2D eigenvalue weighted by Gasteiger charge is -2.11. The summed E-state index contributed by atoms with van der Waals surface area (Å²) in [6.07, 6.45) is -0.190. The van der Waals surface area contributed by atoms with E-state index in [1.165, 1.54) is 0 Å². The molecule has 0 saturated carbocycles. The van der Waals surface area contributed by atoms with Gasteiger partial charge >= 0.3 is 0 Å². The summed E-state index contributed by atoms with van der Waals surface area (Å²) in [5.41, 5.74) is 0. The first kappa shape index (κ1) is 7.71. The normalized spacial score (nSPS) is 32.0. The van der Waals surface area contributed by atoms with Crippen LogP contribution < -0.4 is 5.32 Å². The van der Waals surface area contributed by atoms with Gasteiger partial charge in [-0.15, -0.1) is 0 Å². The Kier molecular flexibility index (Phi) is 3.17. The van der Waals surface area contributed by atoms with Gasteiger partial charge in [0.2, 0.25) is 0 Å². The fourth-order valence-corrected chi connectivity index (χ4v) is 1.55. The third-order valence-corrected chi connectivity index (χ3v) is 2.20. The lowest BCUT2D eigenvalue weighted by Crippen LogP contribution is -2.27. The van der Waals surface area contributed by atoms with Gasteiger partial charge in [0.25, 0.3) is 0 Å². The predicted octanol–water partition coefficient (Wildman–Crippen LogP) is -0.398. The maximum Gasteiger partial charge on any atom is 0.0799 e. The number of nitrogens with zero attached hydrogens (tertiary/aromatic N) is 1. The van der Waals surface area contributed by atoms with Gasteiger partial charge in [-0.3, -0.25) is 0 Å². The first-order valence-corrected chi connectivity index (χ1v) is 4.05. The topological polar surface area (TPSA) is 35.5 Å². The van der Waals surface area contributed by atoms with E-state index in [2.05, 4.69) is 31.3 Å². The van der Waals surface area contributed by atoms with Gasteiger partial charge < -0.3 is 10.4 Å². The Bertz CT molecular complexity index is 81.0. The summed E-state index contributed by atoms with van der Waals surface area (Å²) in [5, 5.41) is 12.3. The largest absolute Gasteiger partial charge is 0.390 e. The number of halogens is 1. The Morgan fingerprint density at radius 2 is 2.44 bits per heavy atom. The Balaban J connectivity index is 2.29. The van der Waals surface area contributed by atoms with Crippen molar-refractivity contribution in [2.45, 2.75) is 6.10 Å². The highest BCUT2D eigenvalue weighted by atomic mass is 127. The molecule has 4 heteroatoms. The molecule has 1 aliphatic heterocycles. The van der Waals surface area contributed by atoms with Crippen LogP contribution in [0.2, 0.25) is 0 Å². The number of rotatable bonds is 0. The van der Waals surface area contributed by atoms with Crippen LogP contribution in [0.5, 0.6) is 0 Å². The molecule has 0 spiro atoms. The van der Waals surface area contributed by atoms with Gasteiger partial charge in [-0.05, 0) is 0 Å². The average molecular weight is 242 g/mol. The van der Waals surface area contributed by atoms with E-state index in [0.29, 0.717) is 0 Å². The summed E-state index contributed by atoms with van der Waals surface area (Å²) in [7, 11) is 0. The molecule has 2 N–H and O–H groups in total. The van der Waals surface area contributed by atoms with Crippen molar-refractivity contribution < 1.29 is 5.11 Å². The molecule has 0 bridgehead atoms. The molecular weight excluding hydrogens is 231 g/mol. The molecule has 0 aromatic carbocycles. The van der Waals surface area contributed by atoms with E-state index in [-0.39, 0.29) is 6.10 Å². The average Bonchev–Trinajstić information content (AvgIpc) is 1.93. The van der Waals surface area contributed by atoms with E-state index in [9.17, 15) is 0 Å². The van der Waals surface area contributed by atoms with Crippen LogP contribution >= 0.6 is 22.9 Å². The summed E-state index contributed by atoms with van der Waals surface area (Å²) in [6.45, 7) is 3.53. The fraction of sp³-hybridized carbons (Fsp3) is 1.00. The van der Waals surface area contributed by atoms with Crippen LogP contribution in [0.3, 0.4) is 0 Å². The molecule has 1 rings (SSSR count). The number of aliphatic hydroxyl groups excluding tert-OH is 1. The van der Waals surface area contributed by atoms with Crippen LogP contribution in [-0.4, -0.2) is 40.5 Å². The lowest BCUT2D eigenvalue weighted by molar-refractivity contribution is 0.166. The van der Waals surface area contributed by atoms with Gasteiger partial charge in [0, 0.05) is 49.0 Å². The highest BCUT2D eigenvalue weighted by Gasteiger charge is 2.11. The van der Waals surface area contributed by atoms with Crippen LogP contribution in [-0.2, 0) is 0 Å². The third kappa shape index (κ3) is 2.79. The van der Waals surface area contributed by atoms with Gasteiger partial charge in [-0.2, -0.15) is 0 Å². The van der Waals surface area contributed by atoms with Crippen molar-refractivity contribution in [3.8, 4) is 0 Å². The molecule has 54 valence electrons. The molecule has 1 heterocycles. The molecule has 1 atom stereocenters.